The van der Waals surface area contributed by atoms with Gasteiger partial charge in [-0.05, 0) is 52.2 Å². The van der Waals surface area contributed by atoms with Crippen LogP contribution in [0.1, 0.15) is 25.2 Å². The molecule has 3 rings (SSSR count). The lowest BCUT2D eigenvalue weighted by atomic mass is 10.1. The van der Waals surface area contributed by atoms with Crippen molar-refractivity contribution in [1.29, 1.82) is 5.26 Å². The zero-order valence-electron chi connectivity index (χ0n) is 14.4. The number of imidazole rings is 1. The van der Waals surface area contributed by atoms with E-state index in [9.17, 15) is 5.26 Å². The molecule has 0 bridgehead atoms. The van der Waals surface area contributed by atoms with Crippen molar-refractivity contribution in [3.8, 4) is 11.8 Å². The summed E-state index contributed by atoms with van der Waals surface area (Å²) in [6, 6.07) is 13.8. The van der Waals surface area contributed by atoms with Crippen LogP contribution in [-0.2, 0) is 0 Å². The van der Waals surface area contributed by atoms with Crippen LogP contribution in [0.2, 0.25) is 0 Å². The first-order valence-corrected chi connectivity index (χ1v) is 9.75. The van der Waals surface area contributed by atoms with Crippen LogP contribution in [0.25, 0.3) is 22.7 Å². The normalized spacial score (nSPS) is 11.8. The standard InChI is InChI=1S/C20H17Br2N3O/c1-12(2)11-26-19-13(8-15(21)9-16(19)22)7-14(10-23)20-24-17-5-3-4-6-18(17)25-20/h3-9,12H,11H2,1-2H3,(H,24,25)/b14-7+. The van der Waals surface area contributed by atoms with Gasteiger partial charge >= 0.3 is 0 Å². The second-order valence-corrected chi connectivity index (χ2v) is 8.05. The van der Waals surface area contributed by atoms with E-state index in [0.29, 0.717) is 29.7 Å². The zero-order valence-corrected chi connectivity index (χ0v) is 17.6. The highest BCUT2D eigenvalue weighted by molar-refractivity contribution is 9.11. The van der Waals surface area contributed by atoms with Crippen LogP contribution in [0.3, 0.4) is 0 Å². The number of allylic oxidation sites excluding steroid dienone is 1. The molecule has 0 aliphatic heterocycles. The highest BCUT2D eigenvalue weighted by atomic mass is 79.9. The van der Waals surface area contributed by atoms with Crippen molar-refractivity contribution in [2.24, 2.45) is 5.92 Å². The molecule has 1 N–H and O–H groups in total. The summed E-state index contributed by atoms with van der Waals surface area (Å²) in [6.07, 6.45) is 1.79. The molecular weight excluding hydrogens is 458 g/mol. The second kappa shape index (κ2) is 8.07. The van der Waals surface area contributed by atoms with Crippen molar-refractivity contribution < 1.29 is 4.74 Å². The van der Waals surface area contributed by atoms with Gasteiger partial charge in [0.1, 0.15) is 17.6 Å². The zero-order chi connectivity index (χ0) is 18.7. The Hall–Kier alpha value is -2.10. The molecule has 0 amide bonds. The van der Waals surface area contributed by atoms with Crippen LogP contribution < -0.4 is 4.74 Å². The van der Waals surface area contributed by atoms with Crippen molar-refractivity contribution >= 4 is 54.5 Å². The molecule has 4 nitrogen and oxygen atoms in total. The Morgan fingerprint density at radius 2 is 2.08 bits per heavy atom. The molecule has 6 heteroatoms. The maximum atomic E-state index is 9.67. The summed E-state index contributed by atoms with van der Waals surface area (Å²) in [6.45, 7) is 4.78. The lowest BCUT2D eigenvalue weighted by molar-refractivity contribution is 0.269. The number of aromatic amines is 1. The molecule has 132 valence electrons. The number of rotatable bonds is 5. The fraction of sp³-hybridized carbons (Fsp3) is 0.200. The van der Waals surface area contributed by atoms with Gasteiger partial charge in [-0.1, -0.05) is 41.9 Å². The smallest absolute Gasteiger partial charge is 0.149 e. The van der Waals surface area contributed by atoms with Gasteiger partial charge in [0.2, 0.25) is 0 Å². The molecule has 0 radical (unpaired) electrons. The molecule has 2 aromatic carbocycles. The molecular formula is C20H17Br2N3O. The minimum atomic E-state index is 0.396. The lowest BCUT2D eigenvalue weighted by Gasteiger charge is -2.14. The Morgan fingerprint density at radius 1 is 1.31 bits per heavy atom. The van der Waals surface area contributed by atoms with Gasteiger partial charge in [0.25, 0.3) is 0 Å². The van der Waals surface area contributed by atoms with Crippen molar-refractivity contribution in [3.05, 3.63) is 56.7 Å². The number of ether oxygens (including phenoxy) is 1. The summed E-state index contributed by atoms with van der Waals surface area (Å²) in [4.78, 5) is 7.72. The Balaban J connectivity index is 2.07. The van der Waals surface area contributed by atoms with Crippen LogP contribution in [0.15, 0.2) is 45.3 Å². The fourth-order valence-electron chi connectivity index (χ4n) is 2.48. The van der Waals surface area contributed by atoms with E-state index in [2.05, 4.69) is 61.7 Å². The largest absolute Gasteiger partial charge is 0.492 e. The van der Waals surface area contributed by atoms with E-state index in [-0.39, 0.29) is 0 Å². The quantitative estimate of drug-likeness (QED) is 0.448. The first-order valence-electron chi connectivity index (χ1n) is 8.16. The predicted molar refractivity (Wildman–Crippen MR) is 112 cm³/mol. The molecule has 0 fully saturated rings. The summed E-state index contributed by atoms with van der Waals surface area (Å²) < 4.78 is 7.70. The monoisotopic (exact) mass is 473 g/mol. The fourth-order valence-corrected chi connectivity index (χ4v) is 3.85. The van der Waals surface area contributed by atoms with Gasteiger partial charge < -0.3 is 9.72 Å². The molecule has 0 aliphatic carbocycles. The van der Waals surface area contributed by atoms with E-state index in [0.717, 1.165) is 25.5 Å². The number of nitrogens with zero attached hydrogens (tertiary/aromatic N) is 2. The number of nitriles is 1. The maximum absolute atomic E-state index is 9.67. The van der Waals surface area contributed by atoms with E-state index in [1.54, 1.807) is 6.08 Å². The SMILES string of the molecule is CC(C)COc1c(Br)cc(Br)cc1/C=C(\C#N)c1nc2ccccc2[nH]1. The Kier molecular flexibility index (Phi) is 5.80. The molecule has 3 aromatic rings. The van der Waals surface area contributed by atoms with Gasteiger partial charge in [0.05, 0.1) is 27.7 Å². The Bertz CT molecular complexity index is 983. The van der Waals surface area contributed by atoms with E-state index < -0.39 is 0 Å². The van der Waals surface area contributed by atoms with Gasteiger partial charge in [0.15, 0.2) is 0 Å². The Labute approximate surface area is 169 Å². The summed E-state index contributed by atoms with van der Waals surface area (Å²) in [5, 5.41) is 9.67. The summed E-state index contributed by atoms with van der Waals surface area (Å²) in [5.74, 6) is 1.65. The van der Waals surface area contributed by atoms with Crippen molar-refractivity contribution in [3.63, 3.8) is 0 Å². The highest BCUT2D eigenvalue weighted by Gasteiger charge is 2.13. The number of fused-ring (bicyclic) bond motifs is 1. The summed E-state index contributed by atoms with van der Waals surface area (Å²) >= 11 is 7.06. The minimum absolute atomic E-state index is 0.396. The third-order valence-corrected chi connectivity index (χ3v) is 4.71. The van der Waals surface area contributed by atoms with Crippen molar-refractivity contribution in [1.82, 2.24) is 9.97 Å². The number of nitrogens with one attached hydrogen (secondary N) is 1. The van der Waals surface area contributed by atoms with E-state index in [1.165, 1.54) is 0 Å². The topological polar surface area (TPSA) is 61.7 Å². The third-order valence-electron chi connectivity index (χ3n) is 3.66. The first-order chi connectivity index (χ1) is 12.5. The molecule has 0 spiro atoms. The van der Waals surface area contributed by atoms with Gasteiger partial charge in [-0.2, -0.15) is 5.26 Å². The van der Waals surface area contributed by atoms with Crippen molar-refractivity contribution in [2.75, 3.05) is 6.61 Å². The van der Waals surface area contributed by atoms with Crippen LogP contribution in [-0.4, -0.2) is 16.6 Å². The van der Waals surface area contributed by atoms with Gasteiger partial charge in [0, 0.05) is 10.0 Å². The third kappa shape index (κ3) is 4.17. The van der Waals surface area contributed by atoms with E-state index in [4.69, 9.17) is 4.74 Å². The van der Waals surface area contributed by atoms with Crippen LogP contribution >= 0.6 is 31.9 Å². The minimum Gasteiger partial charge on any atom is -0.492 e. The van der Waals surface area contributed by atoms with Crippen LogP contribution in [0.4, 0.5) is 0 Å². The lowest BCUT2D eigenvalue weighted by Crippen LogP contribution is -2.06. The average Bonchev–Trinajstić information content (AvgIpc) is 3.02. The van der Waals surface area contributed by atoms with Gasteiger partial charge in [-0.15, -0.1) is 0 Å². The molecule has 0 aliphatic rings. The van der Waals surface area contributed by atoms with Gasteiger partial charge in [-0.25, -0.2) is 4.98 Å². The number of benzene rings is 2. The predicted octanol–water partition coefficient (Wildman–Crippen LogP) is 6.19. The van der Waals surface area contributed by atoms with Crippen molar-refractivity contribution in [2.45, 2.75) is 13.8 Å². The van der Waals surface area contributed by atoms with Gasteiger partial charge in [-0.3, -0.25) is 0 Å². The first kappa shape index (κ1) is 18.7. The highest BCUT2D eigenvalue weighted by Crippen LogP contribution is 2.35. The van der Waals surface area contributed by atoms with Crippen LogP contribution in [0.5, 0.6) is 5.75 Å². The van der Waals surface area contributed by atoms with Crippen LogP contribution in [0, 0.1) is 17.2 Å². The molecule has 0 unspecified atom stereocenters. The summed E-state index contributed by atoms with van der Waals surface area (Å²) in [7, 11) is 0. The number of halogens is 2. The maximum Gasteiger partial charge on any atom is 0.149 e. The van der Waals surface area contributed by atoms with E-state index >= 15 is 0 Å². The molecule has 0 saturated carbocycles. The molecule has 0 atom stereocenters. The molecule has 26 heavy (non-hydrogen) atoms. The summed E-state index contributed by atoms with van der Waals surface area (Å²) in [5.41, 5.74) is 2.98. The number of para-hydroxylation sites is 2. The molecule has 0 saturated heterocycles. The number of hydrogen-bond donors (Lipinski definition) is 1. The molecule has 1 aromatic heterocycles. The second-order valence-electron chi connectivity index (χ2n) is 6.28. The Morgan fingerprint density at radius 3 is 2.77 bits per heavy atom. The number of aromatic nitrogens is 2. The average molecular weight is 475 g/mol. The molecule has 1 heterocycles. The van der Waals surface area contributed by atoms with E-state index in [1.807, 2.05) is 36.4 Å². The number of H-pyrrole nitrogens is 1. The number of hydrogen-bond acceptors (Lipinski definition) is 3.